The number of carbonyl (C=O) groups excluding carboxylic acids is 1. The fraction of sp³-hybridized carbons (Fsp3) is 0.417. The van der Waals surface area contributed by atoms with Gasteiger partial charge in [-0.3, -0.25) is 10.2 Å². The maximum Gasteiger partial charge on any atom is 0.274 e. The number of para-hydroxylation sites is 1. The second-order valence-electron chi connectivity index (χ2n) is 3.96. The summed E-state index contributed by atoms with van der Waals surface area (Å²) in [5, 5.41) is 0. The number of hydrazine groups is 1. The third-order valence-corrected chi connectivity index (χ3v) is 2.36. The summed E-state index contributed by atoms with van der Waals surface area (Å²) in [7, 11) is 0. The summed E-state index contributed by atoms with van der Waals surface area (Å²) in [6.07, 6.45) is -0.593. The van der Waals surface area contributed by atoms with E-state index >= 15 is 0 Å². The number of nitrogens with one attached hydrogen (secondary N) is 1. The van der Waals surface area contributed by atoms with Crippen molar-refractivity contribution < 1.29 is 9.53 Å². The number of hydrogen-bond acceptors (Lipinski definition) is 3. The van der Waals surface area contributed by atoms with Gasteiger partial charge in [-0.25, -0.2) is 5.84 Å². The standard InChI is InChI=1S/C12H18N2O2/c1-8(2)10-6-4-5-7-11(10)16-9(3)12(15)14-13/h4-9H,13H2,1-3H3,(H,14,15). The van der Waals surface area contributed by atoms with E-state index in [0.29, 0.717) is 5.92 Å². The second-order valence-corrected chi connectivity index (χ2v) is 3.96. The lowest BCUT2D eigenvalue weighted by Crippen LogP contribution is -2.40. The van der Waals surface area contributed by atoms with Crippen LogP contribution in [-0.2, 0) is 4.79 Å². The summed E-state index contributed by atoms with van der Waals surface area (Å²) >= 11 is 0. The number of rotatable bonds is 4. The van der Waals surface area contributed by atoms with Crippen LogP contribution in [0.3, 0.4) is 0 Å². The molecule has 0 saturated heterocycles. The number of hydrogen-bond donors (Lipinski definition) is 2. The lowest BCUT2D eigenvalue weighted by molar-refractivity contribution is -0.127. The molecule has 1 unspecified atom stereocenters. The zero-order valence-electron chi connectivity index (χ0n) is 9.86. The van der Waals surface area contributed by atoms with Crippen LogP contribution in [0.5, 0.6) is 5.75 Å². The summed E-state index contributed by atoms with van der Waals surface area (Å²) in [4.78, 5) is 11.2. The van der Waals surface area contributed by atoms with Crippen molar-refractivity contribution in [2.75, 3.05) is 0 Å². The fourth-order valence-electron chi connectivity index (χ4n) is 1.43. The van der Waals surface area contributed by atoms with E-state index in [-0.39, 0.29) is 5.91 Å². The van der Waals surface area contributed by atoms with Gasteiger partial charge in [-0.15, -0.1) is 0 Å². The highest BCUT2D eigenvalue weighted by Crippen LogP contribution is 2.26. The molecule has 88 valence electrons. The third-order valence-electron chi connectivity index (χ3n) is 2.36. The summed E-state index contributed by atoms with van der Waals surface area (Å²) in [5.41, 5.74) is 3.15. The van der Waals surface area contributed by atoms with Crippen molar-refractivity contribution in [3.8, 4) is 5.75 Å². The molecule has 0 fully saturated rings. The van der Waals surface area contributed by atoms with E-state index in [0.717, 1.165) is 11.3 Å². The minimum atomic E-state index is -0.593. The monoisotopic (exact) mass is 222 g/mol. The molecule has 0 radical (unpaired) electrons. The number of amides is 1. The van der Waals surface area contributed by atoms with Gasteiger partial charge < -0.3 is 4.74 Å². The molecular formula is C12H18N2O2. The fourth-order valence-corrected chi connectivity index (χ4v) is 1.43. The Kier molecular flexibility index (Phi) is 4.31. The largest absolute Gasteiger partial charge is 0.481 e. The van der Waals surface area contributed by atoms with Crippen molar-refractivity contribution in [1.82, 2.24) is 5.43 Å². The highest BCUT2D eigenvalue weighted by Gasteiger charge is 2.15. The molecule has 0 heterocycles. The Hall–Kier alpha value is -1.55. The van der Waals surface area contributed by atoms with Gasteiger partial charge in [0.2, 0.25) is 0 Å². The van der Waals surface area contributed by atoms with E-state index in [2.05, 4.69) is 19.3 Å². The van der Waals surface area contributed by atoms with Crippen molar-refractivity contribution in [2.45, 2.75) is 32.8 Å². The average molecular weight is 222 g/mol. The van der Waals surface area contributed by atoms with Crippen LogP contribution in [0, 0.1) is 0 Å². The predicted octanol–water partition coefficient (Wildman–Crippen LogP) is 1.57. The van der Waals surface area contributed by atoms with Crippen molar-refractivity contribution in [2.24, 2.45) is 5.84 Å². The molecule has 0 saturated carbocycles. The minimum absolute atomic E-state index is 0.335. The van der Waals surface area contributed by atoms with Gasteiger partial charge in [-0.1, -0.05) is 32.0 Å². The van der Waals surface area contributed by atoms with Gasteiger partial charge in [-0.05, 0) is 24.5 Å². The summed E-state index contributed by atoms with van der Waals surface area (Å²) in [5.74, 6) is 5.79. The topological polar surface area (TPSA) is 64.3 Å². The Balaban J connectivity index is 2.84. The van der Waals surface area contributed by atoms with Gasteiger partial charge in [0.25, 0.3) is 5.91 Å². The van der Waals surface area contributed by atoms with Crippen molar-refractivity contribution in [3.63, 3.8) is 0 Å². The van der Waals surface area contributed by atoms with E-state index in [1.165, 1.54) is 0 Å². The number of nitrogens with two attached hydrogens (primary N) is 1. The molecule has 1 aromatic carbocycles. The zero-order chi connectivity index (χ0) is 12.1. The molecule has 4 nitrogen and oxygen atoms in total. The molecule has 0 spiro atoms. The Bertz CT molecular complexity index is 364. The maximum atomic E-state index is 11.2. The lowest BCUT2D eigenvalue weighted by Gasteiger charge is -2.17. The molecule has 3 N–H and O–H groups in total. The van der Waals surface area contributed by atoms with Gasteiger partial charge in [0.1, 0.15) is 5.75 Å². The third kappa shape index (κ3) is 2.97. The van der Waals surface area contributed by atoms with Crippen molar-refractivity contribution in [3.05, 3.63) is 29.8 Å². The van der Waals surface area contributed by atoms with Gasteiger partial charge in [0.15, 0.2) is 6.10 Å². The van der Waals surface area contributed by atoms with Gasteiger partial charge in [-0.2, -0.15) is 0 Å². The molecule has 1 aromatic rings. The van der Waals surface area contributed by atoms with Crippen LogP contribution in [0.25, 0.3) is 0 Å². The molecule has 0 bridgehead atoms. The van der Waals surface area contributed by atoms with Gasteiger partial charge in [0, 0.05) is 0 Å². The van der Waals surface area contributed by atoms with Crippen LogP contribution in [0.4, 0.5) is 0 Å². The van der Waals surface area contributed by atoms with E-state index < -0.39 is 6.10 Å². The molecule has 1 amide bonds. The van der Waals surface area contributed by atoms with Gasteiger partial charge in [0.05, 0.1) is 0 Å². The molecule has 0 aliphatic heterocycles. The van der Waals surface area contributed by atoms with Crippen molar-refractivity contribution >= 4 is 5.91 Å². The average Bonchev–Trinajstić information content (AvgIpc) is 2.28. The van der Waals surface area contributed by atoms with Crippen LogP contribution >= 0.6 is 0 Å². The molecule has 1 atom stereocenters. The summed E-state index contributed by atoms with van der Waals surface area (Å²) < 4.78 is 5.57. The highest BCUT2D eigenvalue weighted by molar-refractivity contribution is 5.80. The van der Waals surface area contributed by atoms with Crippen molar-refractivity contribution in [1.29, 1.82) is 0 Å². The van der Waals surface area contributed by atoms with Crippen LogP contribution in [0.2, 0.25) is 0 Å². The normalized spacial score (nSPS) is 12.3. The molecule has 0 aliphatic carbocycles. The van der Waals surface area contributed by atoms with Crippen LogP contribution in [0.1, 0.15) is 32.3 Å². The Labute approximate surface area is 95.8 Å². The summed E-state index contributed by atoms with van der Waals surface area (Å²) in [6.45, 7) is 5.82. The maximum absolute atomic E-state index is 11.2. The highest BCUT2D eigenvalue weighted by atomic mass is 16.5. The van der Waals surface area contributed by atoms with Crippen LogP contribution in [0.15, 0.2) is 24.3 Å². The number of carbonyl (C=O) groups is 1. The molecule has 1 rings (SSSR count). The lowest BCUT2D eigenvalue weighted by atomic mass is 10.0. The van der Waals surface area contributed by atoms with E-state index in [1.54, 1.807) is 6.92 Å². The molecule has 16 heavy (non-hydrogen) atoms. The summed E-state index contributed by atoms with van der Waals surface area (Å²) in [6, 6.07) is 7.69. The van der Waals surface area contributed by atoms with E-state index in [4.69, 9.17) is 10.6 Å². The Morgan fingerprint density at radius 3 is 2.50 bits per heavy atom. The Morgan fingerprint density at radius 2 is 1.94 bits per heavy atom. The number of benzene rings is 1. The first-order valence-electron chi connectivity index (χ1n) is 5.32. The SMILES string of the molecule is CC(Oc1ccccc1C(C)C)C(=O)NN. The molecule has 0 aromatic heterocycles. The quantitative estimate of drug-likeness (QED) is 0.461. The van der Waals surface area contributed by atoms with Gasteiger partial charge >= 0.3 is 0 Å². The smallest absolute Gasteiger partial charge is 0.274 e. The molecular weight excluding hydrogens is 204 g/mol. The zero-order valence-corrected chi connectivity index (χ0v) is 9.86. The Morgan fingerprint density at radius 1 is 1.31 bits per heavy atom. The predicted molar refractivity (Wildman–Crippen MR) is 63.0 cm³/mol. The first-order chi connectivity index (χ1) is 7.56. The minimum Gasteiger partial charge on any atom is -0.481 e. The molecule has 0 aliphatic rings. The molecule has 4 heteroatoms. The first kappa shape index (κ1) is 12.5. The second kappa shape index (κ2) is 5.51. The number of ether oxygens (including phenoxy) is 1. The first-order valence-corrected chi connectivity index (χ1v) is 5.32. The van der Waals surface area contributed by atoms with Crippen LogP contribution < -0.4 is 16.0 Å². The van der Waals surface area contributed by atoms with E-state index in [1.807, 2.05) is 24.3 Å². The van der Waals surface area contributed by atoms with Crippen LogP contribution in [-0.4, -0.2) is 12.0 Å². The van der Waals surface area contributed by atoms with E-state index in [9.17, 15) is 4.79 Å².